The van der Waals surface area contributed by atoms with Gasteiger partial charge in [-0.1, -0.05) is 42.5 Å². The van der Waals surface area contributed by atoms with E-state index >= 15 is 0 Å². The number of fused-ring (bicyclic) bond motifs is 4. The first-order chi connectivity index (χ1) is 11.4. The van der Waals surface area contributed by atoms with Gasteiger partial charge in [0.25, 0.3) is 0 Å². The normalized spacial score (nSPS) is 17.5. The van der Waals surface area contributed by atoms with Crippen LogP contribution in [-0.2, 0) is 6.42 Å². The van der Waals surface area contributed by atoms with Crippen molar-refractivity contribution in [2.75, 3.05) is 6.54 Å². The maximum atomic E-state index is 4.65. The lowest BCUT2D eigenvalue weighted by molar-refractivity contribution is -0.690. The maximum absolute atomic E-state index is 4.65. The van der Waals surface area contributed by atoms with Gasteiger partial charge < -0.3 is 10.3 Å². The van der Waals surface area contributed by atoms with E-state index < -0.39 is 0 Å². The molecule has 0 bridgehead atoms. The highest BCUT2D eigenvalue weighted by Crippen LogP contribution is 2.32. The number of nitrogens with one attached hydrogen (secondary N) is 1. The van der Waals surface area contributed by atoms with Gasteiger partial charge in [0.05, 0.1) is 17.8 Å². The van der Waals surface area contributed by atoms with E-state index in [1.165, 1.54) is 33.1 Å². The molecule has 0 fully saturated rings. The van der Waals surface area contributed by atoms with Gasteiger partial charge >= 0.3 is 0 Å². The predicted molar refractivity (Wildman–Crippen MR) is 92.4 cm³/mol. The monoisotopic (exact) mass is 300 g/mol. The van der Waals surface area contributed by atoms with Crippen molar-refractivity contribution < 1.29 is 5.32 Å². The Hall–Kier alpha value is -2.65. The summed E-state index contributed by atoms with van der Waals surface area (Å²) < 4.78 is 0. The molecule has 0 spiro atoms. The van der Waals surface area contributed by atoms with Crippen molar-refractivity contribution >= 4 is 21.8 Å². The third-order valence-electron chi connectivity index (χ3n) is 4.95. The Morgan fingerprint density at radius 1 is 1.00 bits per heavy atom. The maximum Gasteiger partial charge on any atom is 0.155 e. The first-order valence-corrected chi connectivity index (χ1v) is 8.18. The number of rotatable bonds is 1. The number of nitrogens with zero attached hydrogens (tertiary/aromatic N) is 1. The Labute approximate surface area is 134 Å². The van der Waals surface area contributed by atoms with Crippen molar-refractivity contribution in [3.63, 3.8) is 0 Å². The van der Waals surface area contributed by atoms with Gasteiger partial charge in [-0.3, -0.25) is 4.98 Å². The summed E-state index contributed by atoms with van der Waals surface area (Å²) in [6.45, 7) is 1.11. The largest absolute Gasteiger partial charge is 0.353 e. The highest BCUT2D eigenvalue weighted by Gasteiger charge is 2.29. The molecule has 3 heterocycles. The highest BCUT2D eigenvalue weighted by molar-refractivity contribution is 5.86. The molecule has 1 aliphatic rings. The Morgan fingerprint density at radius 2 is 1.91 bits per heavy atom. The Bertz CT molecular complexity index is 1010. The number of aromatic amines is 1. The number of hydrogen-bond acceptors (Lipinski definition) is 1. The summed E-state index contributed by atoms with van der Waals surface area (Å²) in [4.78, 5) is 8.32. The van der Waals surface area contributed by atoms with Crippen molar-refractivity contribution in [2.24, 2.45) is 0 Å². The van der Waals surface area contributed by atoms with Gasteiger partial charge in [-0.05, 0) is 17.7 Å². The lowest BCUT2D eigenvalue weighted by Crippen LogP contribution is -2.87. The number of pyridine rings is 1. The number of nitrogens with two attached hydrogens (primary N) is 1. The van der Waals surface area contributed by atoms with Crippen LogP contribution in [0.3, 0.4) is 0 Å². The average molecular weight is 300 g/mol. The van der Waals surface area contributed by atoms with E-state index in [0.717, 1.165) is 18.5 Å². The summed E-state index contributed by atoms with van der Waals surface area (Å²) in [6.07, 6.45) is 3.01. The van der Waals surface area contributed by atoms with Crippen LogP contribution in [0.4, 0.5) is 0 Å². The Balaban J connectivity index is 1.76. The molecule has 0 unspecified atom stereocenters. The molecule has 2 aromatic heterocycles. The molecule has 3 nitrogen and oxygen atoms in total. The summed E-state index contributed by atoms with van der Waals surface area (Å²) in [5.74, 6) is 0. The molecule has 23 heavy (non-hydrogen) atoms. The Morgan fingerprint density at radius 3 is 2.91 bits per heavy atom. The molecule has 4 aromatic rings. The molecule has 5 rings (SSSR count). The van der Waals surface area contributed by atoms with Gasteiger partial charge in [-0.2, -0.15) is 0 Å². The molecule has 1 aliphatic heterocycles. The third kappa shape index (κ3) is 1.90. The molecular formula is C20H18N3+. The quantitative estimate of drug-likeness (QED) is 0.558. The number of para-hydroxylation sites is 2. The zero-order chi connectivity index (χ0) is 15.2. The molecule has 0 amide bonds. The predicted octanol–water partition coefficient (Wildman–Crippen LogP) is 2.93. The van der Waals surface area contributed by atoms with Crippen LogP contribution in [0.5, 0.6) is 0 Å². The van der Waals surface area contributed by atoms with Crippen LogP contribution in [0.2, 0.25) is 0 Å². The van der Waals surface area contributed by atoms with Crippen molar-refractivity contribution in [3.8, 4) is 0 Å². The fraction of sp³-hybridized carbons (Fsp3) is 0.150. The molecular weight excluding hydrogens is 282 g/mol. The Kier molecular flexibility index (Phi) is 2.76. The van der Waals surface area contributed by atoms with Gasteiger partial charge in [0.15, 0.2) is 6.04 Å². The van der Waals surface area contributed by atoms with E-state index in [1.54, 1.807) is 0 Å². The molecule has 0 saturated heterocycles. The lowest BCUT2D eigenvalue weighted by atomic mass is 9.93. The number of aromatic nitrogens is 2. The first-order valence-electron chi connectivity index (χ1n) is 8.18. The minimum Gasteiger partial charge on any atom is -0.353 e. The SMILES string of the molecule is c1cnc2c([C@@H]3[NH2+]CCc4c3[nH]c3ccccc43)cccc2c1. The van der Waals surface area contributed by atoms with E-state index in [4.69, 9.17) is 0 Å². The van der Waals surface area contributed by atoms with Crippen molar-refractivity contribution in [1.29, 1.82) is 0 Å². The zero-order valence-corrected chi connectivity index (χ0v) is 12.8. The number of H-pyrrole nitrogens is 1. The van der Waals surface area contributed by atoms with E-state index in [2.05, 4.69) is 63.8 Å². The second-order valence-electron chi connectivity index (χ2n) is 6.24. The van der Waals surface area contributed by atoms with Crippen molar-refractivity contribution in [1.82, 2.24) is 9.97 Å². The van der Waals surface area contributed by atoms with Gasteiger partial charge in [0.2, 0.25) is 0 Å². The van der Waals surface area contributed by atoms with E-state index in [-0.39, 0.29) is 0 Å². The van der Waals surface area contributed by atoms with Crippen LogP contribution in [0.25, 0.3) is 21.8 Å². The third-order valence-corrected chi connectivity index (χ3v) is 4.95. The van der Waals surface area contributed by atoms with Gasteiger partial charge in [0.1, 0.15) is 0 Å². The second kappa shape index (κ2) is 4.93. The molecule has 3 N–H and O–H groups in total. The average Bonchev–Trinajstić information content (AvgIpc) is 3.00. The zero-order valence-electron chi connectivity index (χ0n) is 12.8. The minimum atomic E-state index is 0.296. The molecule has 0 aliphatic carbocycles. The van der Waals surface area contributed by atoms with Crippen LogP contribution in [0.15, 0.2) is 60.8 Å². The van der Waals surface area contributed by atoms with Gasteiger partial charge in [-0.15, -0.1) is 0 Å². The fourth-order valence-electron chi connectivity index (χ4n) is 3.93. The van der Waals surface area contributed by atoms with Crippen LogP contribution >= 0.6 is 0 Å². The summed E-state index contributed by atoms with van der Waals surface area (Å²) in [7, 11) is 0. The summed E-state index contributed by atoms with van der Waals surface area (Å²) >= 11 is 0. The summed E-state index contributed by atoms with van der Waals surface area (Å²) in [5.41, 5.74) is 6.47. The summed E-state index contributed by atoms with van der Waals surface area (Å²) in [6, 6.07) is 19.6. The summed E-state index contributed by atoms with van der Waals surface area (Å²) in [5, 5.41) is 5.01. The van der Waals surface area contributed by atoms with Crippen LogP contribution in [0, 0.1) is 0 Å². The molecule has 1 atom stereocenters. The van der Waals surface area contributed by atoms with Crippen LogP contribution in [0.1, 0.15) is 22.9 Å². The smallest absolute Gasteiger partial charge is 0.155 e. The van der Waals surface area contributed by atoms with Crippen LogP contribution in [-0.4, -0.2) is 16.5 Å². The lowest BCUT2D eigenvalue weighted by Gasteiger charge is -2.22. The number of quaternary nitrogens is 1. The molecule has 2 aromatic carbocycles. The van der Waals surface area contributed by atoms with Crippen molar-refractivity contribution in [2.45, 2.75) is 12.5 Å². The second-order valence-corrected chi connectivity index (χ2v) is 6.24. The van der Waals surface area contributed by atoms with Crippen LogP contribution < -0.4 is 5.32 Å². The minimum absolute atomic E-state index is 0.296. The van der Waals surface area contributed by atoms with Gasteiger partial charge in [0, 0.05) is 34.5 Å². The van der Waals surface area contributed by atoms with Crippen molar-refractivity contribution in [3.05, 3.63) is 77.6 Å². The molecule has 112 valence electrons. The molecule has 3 heteroatoms. The van der Waals surface area contributed by atoms with Gasteiger partial charge in [-0.25, -0.2) is 0 Å². The fourth-order valence-corrected chi connectivity index (χ4v) is 3.93. The first kappa shape index (κ1) is 12.9. The van der Waals surface area contributed by atoms with E-state index in [1.807, 2.05) is 12.3 Å². The van der Waals surface area contributed by atoms with E-state index in [0.29, 0.717) is 6.04 Å². The number of benzene rings is 2. The highest BCUT2D eigenvalue weighted by atomic mass is 15.0. The molecule has 0 radical (unpaired) electrons. The number of hydrogen-bond donors (Lipinski definition) is 2. The van der Waals surface area contributed by atoms with E-state index in [9.17, 15) is 0 Å². The molecule has 0 saturated carbocycles. The standard InChI is InChI=1S/C20H17N3/c1-2-9-17-14(7-1)15-10-12-22-19(20(15)23-17)16-8-3-5-13-6-4-11-21-18(13)16/h1-9,11,19,22-23H,10,12H2/p+1/t19-/m0/s1. The topological polar surface area (TPSA) is 45.3 Å².